The van der Waals surface area contributed by atoms with Gasteiger partial charge in [-0.2, -0.15) is 0 Å². The second-order valence-electron chi connectivity index (χ2n) is 4.76. The van der Waals surface area contributed by atoms with Crippen molar-refractivity contribution in [1.82, 2.24) is 4.90 Å². The highest BCUT2D eigenvalue weighted by Crippen LogP contribution is 2.23. The van der Waals surface area contributed by atoms with Crippen LogP contribution in [-0.2, 0) is 4.79 Å². The summed E-state index contributed by atoms with van der Waals surface area (Å²) in [6.07, 6.45) is 0. The first kappa shape index (κ1) is 16.9. The SMILES string of the molecule is CCN(C(=O)c1cc(F)c(F)c(F)c1F)C(C)(C)C(=O)O. The van der Waals surface area contributed by atoms with Crippen LogP contribution in [0.5, 0.6) is 0 Å². The molecule has 8 heteroatoms. The topological polar surface area (TPSA) is 57.6 Å². The molecule has 0 fully saturated rings. The molecule has 4 nitrogen and oxygen atoms in total. The predicted molar refractivity (Wildman–Crippen MR) is 64.7 cm³/mol. The van der Waals surface area contributed by atoms with Crippen LogP contribution < -0.4 is 0 Å². The smallest absolute Gasteiger partial charge is 0.329 e. The van der Waals surface area contributed by atoms with Gasteiger partial charge in [-0.15, -0.1) is 0 Å². The zero-order chi connectivity index (χ0) is 16.5. The average molecular weight is 307 g/mol. The molecule has 1 aromatic carbocycles. The highest BCUT2D eigenvalue weighted by molar-refractivity contribution is 5.97. The van der Waals surface area contributed by atoms with Crippen LogP contribution in [0.4, 0.5) is 17.6 Å². The van der Waals surface area contributed by atoms with Crippen LogP contribution in [0.1, 0.15) is 31.1 Å². The van der Waals surface area contributed by atoms with Crippen molar-refractivity contribution < 1.29 is 32.3 Å². The molecule has 0 spiro atoms. The molecule has 116 valence electrons. The Hall–Kier alpha value is -2.12. The molecule has 0 aliphatic carbocycles. The van der Waals surface area contributed by atoms with E-state index in [1.807, 2.05) is 0 Å². The lowest BCUT2D eigenvalue weighted by atomic mass is 10.0. The number of aliphatic carboxylic acids is 1. The second-order valence-corrected chi connectivity index (χ2v) is 4.76. The van der Waals surface area contributed by atoms with Crippen LogP contribution in [0, 0.1) is 23.3 Å². The van der Waals surface area contributed by atoms with Gasteiger partial charge in [0.25, 0.3) is 5.91 Å². The summed E-state index contributed by atoms with van der Waals surface area (Å²) in [4.78, 5) is 24.0. The van der Waals surface area contributed by atoms with E-state index in [0.717, 1.165) is 0 Å². The highest BCUT2D eigenvalue weighted by Gasteiger charge is 2.39. The lowest BCUT2D eigenvalue weighted by Crippen LogP contribution is -2.53. The summed E-state index contributed by atoms with van der Waals surface area (Å²) in [6, 6.07) is 0.205. The van der Waals surface area contributed by atoms with Gasteiger partial charge in [0.2, 0.25) is 0 Å². The van der Waals surface area contributed by atoms with E-state index in [9.17, 15) is 27.2 Å². The summed E-state index contributed by atoms with van der Waals surface area (Å²) in [5.41, 5.74) is -2.80. The van der Waals surface area contributed by atoms with Gasteiger partial charge in [0, 0.05) is 6.54 Å². The maximum atomic E-state index is 13.6. The number of hydrogen-bond donors (Lipinski definition) is 1. The fourth-order valence-electron chi connectivity index (χ4n) is 1.78. The molecular formula is C13H13F4NO3. The first-order valence-corrected chi connectivity index (χ1v) is 5.94. The number of carboxylic acid groups (broad SMARTS) is 1. The van der Waals surface area contributed by atoms with Gasteiger partial charge in [-0.05, 0) is 26.8 Å². The van der Waals surface area contributed by atoms with Gasteiger partial charge in [-0.3, -0.25) is 4.79 Å². The van der Waals surface area contributed by atoms with E-state index in [4.69, 9.17) is 5.11 Å². The lowest BCUT2D eigenvalue weighted by Gasteiger charge is -2.34. The van der Waals surface area contributed by atoms with Gasteiger partial charge in [0.05, 0.1) is 5.56 Å². The molecule has 1 aromatic rings. The third kappa shape index (κ3) is 2.84. The van der Waals surface area contributed by atoms with Crippen molar-refractivity contribution in [3.05, 3.63) is 34.9 Å². The molecule has 0 aromatic heterocycles. The number of carboxylic acids is 1. The van der Waals surface area contributed by atoms with Crippen LogP contribution in [0.15, 0.2) is 6.07 Å². The molecular weight excluding hydrogens is 294 g/mol. The molecule has 0 atom stereocenters. The maximum Gasteiger partial charge on any atom is 0.329 e. The van der Waals surface area contributed by atoms with E-state index in [2.05, 4.69) is 0 Å². The summed E-state index contributed by atoms with van der Waals surface area (Å²) in [5, 5.41) is 9.07. The molecule has 1 N–H and O–H groups in total. The fraction of sp³-hybridized carbons (Fsp3) is 0.385. The number of carbonyl (C=O) groups is 2. The fourth-order valence-corrected chi connectivity index (χ4v) is 1.78. The van der Waals surface area contributed by atoms with Gasteiger partial charge in [-0.25, -0.2) is 22.4 Å². The third-order valence-electron chi connectivity index (χ3n) is 3.09. The summed E-state index contributed by atoms with van der Waals surface area (Å²) < 4.78 is 52.8. The number of hydrogen-bond acceptors (Lipinski definition) is 2. The minimum absolute atomic E-state index is 0.155. The zero-order valence-corrected chi connectivity index (χ0v) is 11.5. The molecule has 0 saturated heterocycles. The Balaban J connectivity index is 3.40. The second kappa shape index (κ2) is 5.71. The number of rotatable bonds is 4. The summed E-state index contributed by atoms with van der Waals surface area (Å²) in [6.45, 7) is 3.60. The van der Waals surface area contributed by atoms with Crippen molar-refractivity contribution in [2.75, 3.05) is 6.54 Å². The maximum absolute atomic E-state index is 13.6. The largest absolute Gasteiger partial charge is 0.480 e. The number of nitrogens with zero attached hydrogens (tertiary/aromatic N) is 1. The highest BCUT2D eigenvalue weighted by atomic mass is 19.2. The van der Waals surface area contributed by atoms with Crippen molar-refractivity contribution in [3.63, 3.8) is 0 Å². The van der Waals surface area contributed by atoms with Gasteiger partial charge in [0.1, 0.15) is 5.54 Å². The number of carbonyl (C=O) groups excluding carboxylic acids is 1. The molecule has 0 bridgehead atoms. The van der Waals surface area contributed by atoms with Crippen LogP contribution in [0.2, 0.25) is 0 Å². The molecule has 0 radical (unpaired) electrons. The van der Waals surface area contributed by atoms with Crippen LogP contribution >= 0.6 is 0 Å². The van der Waals surface area contributed by atoms with E-state index < -0.39 is 46.2 Å². The number of benzene rings is 1. The first-order chi connectivity index (χ1) is 9.55. The van der Waals surface area contributed by atoms with Gasteiger partial charge in [-0.1, -0.05) is 0 Å². The van der Waals surface area contributed by atoms with E-state index in [-0.39, 0.29) is 12.6 Å². The average Bonchev–Trinajstić information content (AvgIpc) is 2.40. The standard InChI is InChI=1S/C13H13F4NO3/c1-4-18(13(2,3)12(20)21)11(19)6-5-7(14)9(16)10(17)8(6)15/h5H,4H2,1-3H3,(H,20,21). The van der Waals surface area contributed by atoms with E-state index >= 15 is 0 Å². The van der Waals surface area contributed by atoms with Crippen LogP contribution in [-0.4, -0.2) is 34.0 Å². The van der Waals surface area contributed by atoms with Crippen molar-refractivity contribution in [2.45, 2.75) is 26.3 Å². The predicted octanol–water partition coefficient (Wildman–Crippen LogP) is 2.57. The van der Waals surface area contributed by atoms with Crippen LogP contribution in [0.3, 0.4) is 0 Å². The molecule has 21 heavy (non-hydrogen) atoms. The number of amides is 1. The van der Waals surface area contributed by atoms with E-state index in [1.165, 1.54) is 20.8 Å². The Morgan fingerprint density at radius 3 is 2.10 bits per heavy atom. The molecule has 1 amide bonds. The summed E-state index contributed by atoms with van der Waals surface area (Å²) in [5.74, 6) is -10.4. The molecule has 0 unspecified atom stereocenters. The quantitative estimate of drug-likeness (QED) is 0.528. The number of halogens is 4. The molecule has 0 aliphatic heterocycles. The molecule has 1 rings (SSSR count). The lowest BCUT2D eigenvalue weighted by molar-refractivity contribution is -0.147. The Kier molecular flexibility index (Phi) is 4.60. The van der Waals surface area contributed by atoms with Gasteiger partial charge in [0.15, 0.2) is 23.3 Å². The monoisotopic (exact) mass is 307 g/mol. The number of likely N-dealkylation sites (N-methyl/N-ethyl adjacent to an activating group) is 1. The Morgan fingerprint density at radius 2 is 1.67 bits per heavy atom. The molecule has 0 saturated carbocycles. The first-order valence-electron chi connectivity index (χ1n) is 5.94. The van der Waals surface area contributed by atoms with Crippen molar-refractivity contribution in [1.29, 1.82) is 0 Å². The summed E-state index contributed by atoms with van der Waals surface area (Å²) >= 11 is 0. The van der Waals surface area contributed by atoms with Gasteiger partial charge < -0.3 is 10.0 Å². The van der Waals surface area contributed by atoms with E-state index in [0.29, 0.717) is 4.90 Å². The Bertz CT molecular complexity index is 602. The van der Waals surface area contributed by atoms with Gasteiger partial charge >= 0.3 is 5.97 Å². The van der Waals surface area contributed by atoms with Crippen LogP contribution in [0.25, 0.3) is 0 Å². The normalized spacial score (nSPS) is 11.4. The minimum Gasteiger partial charge on any atom is -0.480 e. The summed E-state index contributed by atoms with van der Waals surface area (Å²) in [7, 11) is 0. The van der Waals surface area contributed by atoms with Crippen molar-refractivity contribution >= 4 is 11.9 Å². The third-order valence-corrected chi connectivity index (χ3v) is 3.09. The van der Waals surface area contributed by atoms with Crippen molar-refractivity contribution in [2.24, 2.45) is 0 Å². The molecule has 0 aliphatic rings. The van der Waals surface area contributed by atoms with E-state index in [1.54, 1.807) is 0 Å². The zero-order valence-electron chi connectivity index (χ0n) is 11.5. The Morgan fingerprint density at radius 1 is 1.14 bits per heavy atom. The Labute approximate surface area is 118 Å². The minimum atomic E-state index is -2.12. The molecule has 0 heterocycles. The van der Waals surface area contributed by atoms with Crippen molar-refractivity contribution in [3.8, 4) is 0 Å².